The summed E-state index contributed by atoms with van der Waals surface area (Å²) in [5, 5.41) is 9.27. The first kappa shape index (κ1) is 13.2. The monoisotopic (exact) mass is 255 g/mol. The molecule has 3 fully saturated rings. The quantitative estimate of drug-likeness (QED) is 0.777. The Kier molecular flexibility index (Phi) is 2.83. The summed E-state index contributed by atoms with van der Waals surface area (Å²) in [6, 6.07) is 0. The molecular formula is C13H21NO4. The van der Waals surface area contributed by atoms with Crippen LogP contribution in [0.4, 0.5) is 4.79 Å². The fourth-order valence-electron chi connectivity index (χ4n) is 2.97. The van der Waals surface area contributed by atoms with Crippen LogP contribution in [0.3, 0.4) is 0 Å². The zero-order valence-electron chi connectivity index (χ0n) is 11.4. The van der Waals surface area contributed by atoms with Gasteiger partial charge in [0.1, 0.15) is 5.60 Å². The number of nitrogens with zero attached hydrogens (tertiary/aromatic N) is 1. The number of carbonyl (C=O) groups excluding carboxylic acids is 1. The highest BCUT2D eigenvalue weighted by Gasteiger charge is 2.61. The number of carboxylic acids is 1. The van der Waals surface area contributed by atoms with E-state index in [1.54, 1.807) is 11.8 Å². The van der Waals surface area contributed by atoms with Gasteiger partial charge in [0.2, 0.25) is 0 Å². The number of aliphatic carboxylic acids is 1. The maximum absolute atomic E-state index is 11.9. The third-order valence-electron chi connectivity index (χ3n) is 4.26. The molecule has 3 rings (SSSR count). The number of carboxylic acid groups (broad SMARTS) is 1. The highest BCUT2D eigenvalue weighted by molar-refractivity contribution is 5.78. The first-order valence-electron chi connectivity index (χ1n) is 6.36. The van der Waals surface area contributed by atoms with Crippen LogP contribution in [0.5, 0.6) is 0 Å². The van der Waals surface area contributed by atoms with E-state index >= 15 is 0 Å². The fourth-order valence-corrected chi connectivity index (χ4v) is 2.97. The van der Waals surface area contributed by atoms with Gasteiger partial charge in [-0.15, -0.1) is 0 Å². The van der Waals surface area contributed by atoms with Gasteiger partial charge in [0.05, 0.1) is 5.41 Å². The van der Waals surface area contributed by atoms with Crippen molar-refractivity contribution < 1.29 is 19.4 Å². The maximum Gasteiger partial charge on any atom is 0.410 e. The van der Waals surface area contributed by atoms with Gasteiger partial charge in [0.15, 0.2) is 0 Å². The summed E-state index contributed by atoms with van der Waals surface area (Å²) in [5.74, 6) is -0.630. The van der Waals surface area contributed by atoms with E-state index in [4.69, 9.17) is 4.74 Å². The Morgan fingerprint density at radius 3 is 2.17 bits per heavy atom. The largest absolute Gasteiger partial charge is 0.481 e. The van der Waals surface area contributed by atoms with Crippen molar-refractivity contribution in [2.24, 2.45) is 17.3 Å². The van der Waals surface area contributed by atoms with Crippen molar-refractivity contribution in [3.8, 4) is 0 Å². The summed E-state index contributed by atoms with van der Waals surface area (Å²) >= 11 is 0. The molecule has 0 aromatic rings. The molecule has 0 aromatic heterocycles. The predicted octanol–water partition coefficient (Wildman–Crippen LogP) is 1.96. The average Bonchev–Trinajstić information content (AvgIpc) is 2.25. The number of ether oxygens (including phenoxy) is 1. The summed E-state index contributed by atoms with van der Waals surface area (Å²) in [4.78, 5) is 24.9. The van der Waals surface area contributed by atoms with Crippen molar-refractivity contribution in [3.63, 3.8) is 0 Å². The molecule has 0 spiro atoms. The number of hydrogen-bond acceptors (Lipinski definition) is 3. The van der Waals surface area contributed by atoms with Crippen molar-refractivity contribution in [1.82, 2.24) is 4.90 Å². The molecule has 5 heteroatoms. The van der Waals surface area contributed by atoms with Crippen molar-refractivity contribution in [3.05, 3.63) is 0 Å². The van der Waals surface area contributed by atoms with Crippen molar-refractivity contribution in [1.29, 1.82) is 0 Å². The van der Waals surface area contributed by atoms with Crippen LogP contribution < -0.4 is 0 Å². The lowest BCUT2D eigenvalue weighted by Gasteiger charge is -2.58. The van der Waals surface area contributed by atoms with Crippen molar-refractivity contribution >= 4 is 12.1 Å². The summed E-state index contributed by atoms with van der Waals surface area (Å²) in [7, 11) is 0. The molecule has 1 saturated carbocycles. The second kappa shape index (κ2) is 3.87. The summed E-state index contributed by atoms with van der Waals surface area (Å²) in [6.45, 7) is 8.27. The van der Waals surface area contributed by atoms with Crippen LogP contribution in [0.25, 0.3) is 0 Å². The van der Waals surface area contributed by atoms with Gasteiger partial charge in [0.25, 0.3) is 0 Å². The first-order chi connectivity index (χ1) is 8.14. The number of carbonyl (C=O) groups is 2. The highest BCUT2D eigenvalue weighted by atomic mass is 16.6. The van der Waals surface area contributed by atoms with Gasteiger partial charge in [0, 0.05) is 13.1 Å². The molecule has 2 saturated heterocycles. The molecule has 2 aliphatic heterocycles. The molecule has 1 amide bonds. The Morgan fingerprint density at radius 1 is 1.28 bits per heavy atom. The van der Waals surface area contributed by atoms with E-state index in [1.165, 1.54) is 0 Å². The Labute approximate surface area is 107 Å². The molecule has 0 aromatic carbocycles. The molecule has 2 bridgehead atoms. The van der Waals surface area contributed by atoms with E-state index in [9.17, 15) is 14.7 Å². The summed E-state index contributed by atoms with van der Waals surface area (Å²) in [6.07, 6.45) is 0.576. The average molecular weight is 255 g/mol. The van der Waals surface area contributed by atoms with Gasteiger partial charge in [-0.25, -0.2) is 4.79 Å². The van der Waals surface area contributed by atoms with E-state index in [2.05, 4.69) is 0 Å². The number of hydrogen-bond donors (Lipinski definition) is 1. The molecular weight excluding hydrogens is 234 g/mol. The molecule has 0 radical (unpaired) electrons. The number of amides is 1. The number of fused-ring (bicyclic) bond motifs is 2. The van der Waals surface area contributed by atoms with Gasteiger partial charge >= 0.3 is 12.1 Å². The third kappa shape index (κ3) is 1.95. The Hall–Kier alpha value is -1.26. The Balaban J connectivity index is 2.00. The molecule has 3 aliphatic rings. The third-order valence-corrected chi connectivity index (χ3v) is 4.26. The molecule has 102 valence electrons. The molecule has 2 atom stereocenters. The minimum atomic E-state index is -0.743. The topological polar surface area (TPSA) is 66.8 Å². The van der Waals surface area contributed by atoms with E-state index in [0.29, 0.717) is 13.1 Å². The second-order valence-electron chi connectivity index (χ2n) is 6.60. The van der Waals surface area contributed by atoms with Crippen LogP contribution in [0.15, 0.2) is 0 Å². The molecule has 1 aliphatic carbocycles. The summed E-state index contributed by atoms with van der Waals surface area (Å²) < 4.78 is 5.31. The van der Waals surface area contributed by atoms with E-state index in [-0.39, 0.29) is 17.9 Å². The van der Waals surface area contributed by atoms with Gasteiger partial charge in [-0.05, 0) is 46.0 Å². The van der Waals surface area contributed by atoms with E-state index in [1.807, 2.05) is 20.8 Å². The van der Waals surface area contributed by atoms with E-state index in [0.717, 1.165) is 6.42 Å². The maximum atomic E-state index is 11.9. The van der Waals surface area contributed by atoms with Crippen LogP contribution in [0.2, 0.25) is 0 Å². The SMILES string of the molecule is CC(C)(C)OC(=O)N1CC2CC(C1)C2(C)C(=O)O. The van der Waals surface area contributed by atoms with Crippen molar-refractivity contribution in [2.45, 2.75) is 39.7 Å². The summed E-state index contributed by atoms with van der Waals surface area (Å²) in [5.41, 5.74) is -1.16. The van der Waals surface area contributed by atoms with Gasteiger partial charge < -0.3 is 14.7 Å². The molecule has 18 heavy (non-hydrogen) atoms. The highest BCUT2D eigenvalue weighted by Crippen LogP contribution is 2.55. The lowest BCUT2D eigenvalue weighted by atomic mass is 9.51. The number of rotatable bonds is 1. The minimum absolute atomic E-state index is 0.0567. The molecule has 5 nitrogen and oxygen atoms in total. The Bertz CT molecular complexity index is 373. The Morgan fingerprint density at radius 2 is 1.78 bits per heavy atom. The normalized spacial score (nSPS) is 34.8. The van der Waals surface area contributed by atoms with E-state index < -0.39 is 17.0 Å². The van der Waals surface area contributed by atoms with Crippen LogP contribution in [0, 0.1) is 17.3 Å². The molecule has 1 N–H and O–H groups in total. The zero-order chi connectivity index (χ0) is 13.7. The van der Waals surface area contributed by atoms with Gasteiger partial charge in [-0.2, -0.15) is 0 Å². The lowest BCUT2D eigenvalue weighted by molar-refractivity contribution is -0.181. The smallest absolute Gasteiger partial charge is 0.410 e. The zero-order valence-corrected chi connectivity index (χ0v) is 11.4. The van der Waals surface area contributed by atoms with Gasteiger partial charge in [-0.3, -0.25) is 4.79 Å². The number of piperidine rings is 2. The molecule has 2 heterocycles. The van der Waals surface area contributed by atoms with Crippen LogP contribution in [-0.2, 0) is 9.53 Å². The van der Waals surface area contributed by atoms with Gasteiger partial charge in [-0.1, -0.05) is 0 Å². The standard InChI is InChI=1S/C13H21NO4/c1-12(2,3)18-11(17)14-6-8-5-9(7-14)13(8,4)10(15)16/h8-9H,5-7H2,1-4H3,(H,15,16). The van der Waals surface area contributed by atoms with Crippen LogP contribution >= 0.6 is 0 Å². The van der Waals surface area contributed by atoms with Crippen LogP contribution in [-0.4, -0.2) is 40.8 Å². The fraction of sp³-hybridized carbons (Fsp3) is 0.846. The molecule has 2 unspecified atom stereocenters. The van der Waals surface area contributed by atoms with Crippen molar-refractivity contribution in [2.75, 3.05) is 13.1 Å². The van der Waals surface area contributed by atoms with Crippen LogP contribution in [0.1, 0.15) is 34.1 Å². The predicted molar refractivity (Wildman–Crippen MR) is 65.1 cm³/mol. The lowest BCUT2D eigenvalue weighted by Crippen LogP contribution is -2.65. The first-order valence-corrected chi connectivity index (χ1v) is 6.36. The minimum Gasteiger partial charge on any atom is -0.481 e. The second-order valence-corrected chi connectivity index (χ2v) is 6.60.